The number of pyridine rings is 1. The van der Waals surface area contributed by atoms with Crippen LogP contribution >= 0.6 is 11.6 Å². The van der Waals surface area contributed by atoms with Crippen LogP contribution in [0.5, 0.6) is 0 Å². The van der Waals surface area contributed by atoms with Gasteiger partial charge >= 0.3 is 0 Å². The smallest absolute Gasteiger partial charge is 0.294 e. The number of amides is 2. The van der Waals surface area contributed by atoms with Gasteiger partial charge in [-0.25, -0.2) is 4.98 Å². The van der Waals surface area contributed by atoms with Crippen LogP contribution in [-0.4, -0.2) is 42.3 Å². The zero-order valence-corrected chi connectivity index (χ0v) is 19.9. The Morgan fingerprint density at radius 1 is 1.12 bits per heavy atom. The van der Waals surface area contributed by atoms with E-state index in [1.807, 2.05) is 25.1 Å². The van der Waals surface area contributed by atoms with E-state index in [4.69, 9.17) is 16.0 Å². The zero-order chi connectivity index (χ0) is 23.5. The van der Waals surface area contributed by atoms with Gasteiger partial charge in [0.1, 0.15) is 17.1 Å². The quantitative estimate of drug-likeness (QED) is 0.509. The Bertz CT molecular complexity index is 1150. The van der Waals surface area contributed by atoms with Crippen molar-refractivity contribution in [2.24, 2.45) is 11.8 Å². The maximum atomic E-state index is 13.2. The van der Waals surface area contributed by atoms with Gasteiger partial charge in [0.2, 0.25) is 11.7 Å². The molecule has 1 saturated carbocycles. The van der Waals surface area contributed by atoms with Crippen molar-refractivity contribution >= 4 is 45.9 Å². The first-order valence-electron chi connectivity index (χ1n) is 11.2. The second-order valence-electron chi connectivity index (χ2n) is 9.04. The standard InChI is InChI=1S/C25H29ClN4O3/c1-15-5-4-6-19-21(29-24(31)17-9-7-16(8-10-17)14-30(2)3)23(33-22(15)19)25(32)28-20-12-11-18(26)13-27-20/h4-6,11-13,16-17H,7-10,14H2,1-3H3,(H,29,31)(H,27,28,32). The number of fused-ring (bicyclic) bond motifs is 1. The molecule has 1 aliphatic carbocycles. The normalized spacial score (nSPS) is 18.5. The Hall–Kier alpha value is -2.90. The van der Waals surface area contributed by atoms with Crippen molar-refractivity contribution < 1.29 is 14.0 Å². The van der Waals surface area contributed by atoms with Crippen LogP contribution in [0, 0.1) is 18.8 Å². The number of halogens is 1. The number of furan rings is 1. The Morgan fingerprint density at radius 3 is 2.55 bits per heavy atom. The van der Waals surface area contributed by atoms with E-state index in [0.29, 0.717) is 33.4 Å². The molecule has 8 heteroatoms. The predicted octanol–water partition coefficient (Wildman–Crippen LogP) is 5.35. The van der Waals surface area contributed by atoms with Gasteiger partial charge in [-0.15, -0.1) is 0 Å². The predicted molar refractivity (Wildman–Crippen MR) is 131 cm³/mol. The molecule has 0 radical (unpaired) electrons. The van der Waals surface area contributed by atoms with E-state index < -0.39 is 5.91 Å². The molecule has 2 heterocycles. The van der Waals surface area contributed by atoms with Crippen molar-refractivity contribution in [3.63, 3.8) is 0 Å². The van der Waals surface area contributed by atoms with Gasteiger partial charge in [0, 0.05) is 24.0 Å². The summed E-state index contributed by atoms with van der Waals surface area (Å²) < 4.78 is 5.95. The Labute approximate surface area is 198 Å². The number of aryl methyl sites for hydroxylation is 1. The highest BCUT2D eigenvalue weighted by atomic mass is 35.5. The van der Waals surface area contributed by atoms with Crippen LogP contribution in [0.2, 0.25) is 5.02 Å². The monoisotopic (exact) mass is 468 g/mol. The van der Waals surface area contributed by atoms with Crippen LogP contribution in [-0.2, 0) is 4.79 Å². The van der Waals surface area contributed by atoms with Gasteiger partial charge in [-0.3, -0.25) is 9.59 Å². The first-order valence-corrected chi connectivity index (χ1v) is 11.6. The highest BCUT2D eigenvalue weighted by Crippen LogP contribution is 2.35. The number of benzene rings is 1. The van der Waals surface area contributed by atoms with E-state index in [-0.39, 0.29) is 17.6 Å². The topological polar surface area (TPSA) is 87.5 Å². The average Bonchev–Trinajstić information content (AvgIpc) is 3.15. The minimum absolute atomic E-state index is 0.0608. The first-order chi connectivity index (χ1) is 15.8. The van der Waals surface area contributed by atoms with Crippen molar-refractivity contribution in [3.05, 3.63) is 52.9 Å². The number of carbonyl (C=O) groups is 2. The molecule has 1 aliphatic rings. The molecular formula is C25H29ClN4O3. The van der Waals surface area contributed by atoms with E-state index >= 15 is 0 Å². The van der Waals surface area contributed by atoms with E-state index in [0.717, 1.165) is 37.8 Å². The molecule has 1 fully saturated rings. The summed E-state index contributed by atoms with van der Waals surface area (Å²) >= 11 is 5.88. The summed E-state index contributed by atoms with van der Waals surface area (Å²) in [5.41, 5.74) is 1.87. The summed E-state index contributed by atoms with van der Waals surface area (Å²) in [4.78, 5) is 32.6. The Morgan fingerprint density at radius 2 is 1.88 bits per heavy atom. The van der Waals surface area contributed by atoms with Gasteiger partial charge in [-0.05, 0) is 76.4 Å². The molecule has 1 aromatic carbocycles. The maximum Gasteiger partial charge on any atom is 0.294 e. The molecule has 3 aromatic rings. The molecule has 7 nitrogen and oxygen atoms in total. The van der Waals surface area contributed by atoms with E-state index in [1.54, 1.807) is 12.1 Å². The van der Waals surface area contributed by atoms with Gasteiger partial charge in [0.25, 0.3) is 5.91 Å². The highest BCUT2D eigenvalue weighted by Gasteiger charge is 2.29. The van der Waals surface area contributed by atoms with Crippen molar-refractivity contribution in [2.45, 2.75) is 32.6 Å². The second kappa shape index (κ2) is 9.93. The van der Waals surface area contributed by atoms with E-state index in [2.05, 4.69) is 34.6 Å². The molecule has 0 spiro atoms. The number of nitrogens with one attached hydrogen (secondary N) is 2. The molecule has 4 rings (SSSR count). The molecule has 0 atom stereocenters. The van der Waals surface area contributed by atoms with Crippen LogP contribution in [0.15, 0.2) is 40.9 Å². The van der Waals surface area contributed by atoms with E-state index in [1.165, 1.54) is 6.20 Å². The van der Waals surface area contributed by atoms with Gasteiger partial charge < -0.3 is 20.0 Å². The summed E-state index contributed by atoms with van der Waals surface area (Å²) in [6.45, 7) is 2.95. The van der Waals surface area contributed by atoms with Gasteiger partial charge in [-0.2, -0.15) is 0 Å². The largest absolute Gasteiger partial charge is 0.448 e. The minimum Gasteiger partial charge on any atom is -0.448 e. The second-order valence-corrected chi connectivity index (χ2v) is 9.48. The summed E-state index contributed by atoms with van der Waals surface area (Å²) in [5, 5.41) is 6.92. The maximum absolute atomic E-state index is 13.2. The number of rotatable bonds is 6. The number of para-hydroxylation sites is 1. The van der Waals surface area contributed by atoms with Crippen LogP contribution < -0.4 is 10.6 Å². The molecule has 2 aromatic heterocycles. The van der Waals surface area contributed by atoms with E-state index in [9.17, 15) is 9.59 Å². The SMILES string of the molecule is Cc1cccc2c(NC(=O)C3CCC(CN(C)C)CC3)c(C(=O)Nc3ccc(Cl)cn3)oc12. The molecular weight excluding hydrogens is 440 g/mol. The third kappa shape index (κ3) is 5.37. The molecule has 0 unspecified atom stereocenters. The van der Waals surface area contributed by atoms with Crippen LogP contribution in [0.25, 0.3) is 11.0 Å². The van der Waals surface area contributed by atoms with Crippen LogP contribution in [0.3, 0.4) is 0 Å². The van der Waals surface area contributed by atoms with Crippen molar-refractivity contribution in [1.82, 2.24) is 9.88 Å². The number of aromatic nitrogens is 1. The fourth-order valence-electron chi connectivity index (χ4n) is 4.52. The molecule has 2 amide bonds. The summed E-state index contributed by atoms with van der Waals surface area (Å²) in [7, 11) is 4.16. The molecule has 33 heavy (non-hydrogen) atoms. The fraction of sp³-hybridized carbons (Fsp3) is 0.400. The summed E-state index contributed by atoms with van der Waals surface area (Å²) in [6.07, 6.45) is 5.19. The minimum atomic E-state index is -0.481. The summed E-state index contributed by atoms with van der Waals surface area (Å²) in [5.74, 6) is 0.400. The number of anilines is 2. The molecule has 2 N–H and O–H groups in total. The summed E-state index contributed by atoms with van der Waals surface area (Å²) in [6, 6.07) is 8.90. The van der Waals surface area contributed by atoms with Crippen molar-refractivity contribution in [3.8, 4) is 0 Å². The number of carbonyl (C=O) groups excluding carboxylic acids is 2. The van der Waals surface area contributed by atoms with Gasteiger partial charge in [0.05, 0.1) is 5.02 Å². The first kappa shape index (κ1) is 23.3. The average molecular weight is 469 g/mol. The van der Waals surface area contributed by atoms with Crippen molar-refractivity contribution in [1.29, 1.82) is 0 Å². The molecule has 0 aliphatic heterocycles. The highest BCUT2D eigenvalue weighted by molar-refractivity contribution is 6.30. The van der Waals surface area contributed by atoms with Crippen LogP contribution in [0.4, 0.5) is 11.5 Å². The third-order valence-corrected chi connectivity index (χ3v) is 6.40. The number of hydrogen-bond acceptors (Lipinski definition) is 5. The van der Waals surface area contributed by atoms with Gasteiger partial charge in [0.15, 0.2) is 0 Å². The van der Waals surface area contributed by atoms with Crippen molar-refractivity contribution in [2.75, 3.05) is 31.3 Å². The molecule has 0 saturated heterocycles. The fourth-order valence-corrected chi connectivity index (χ4v) is 4.63. The molecule has 174 valence electrons. The lowest BCUT2D eigenvalue weighted by molar-refractivity contribution is -0.121. The lowest BCUT2D eigenvalue weighted by Crippen LogP contribution is -2.31. The zero-order valence-electron chi connectivity index (χ0n) is 19.2. The lowest BCUT2D eigenvalue weighted by Gasteiger charge is -2.29. The third-order valence-electron chi connectivity index (χ3n) is 6.18. The number of hydrogen-bond donors (Lipinski definition) is 2. The van der Waals surface area contributed by atoms with Gasteiger partial charge in [-0.1, -0.05) is 23.7 Å². The molecule has 0 bridgehead atoms. The lowest BCUT2D eigenvalue weighted by atomic mass is 9.81. The Balaban J connectivity index is 1.56. The number of nitrogens with zero attached hydrogens (tertiary/aromatic N) is 2. The van der Waals surface area contributed by atoms with Crippen LogP contribution in [0.1, 0.15) is 41.8 Å². The Kier molecular flexibility index (Phi) is 7.00.